The molecule has 0 saturated carbocycles. The first kappa shape index (κ1) is 13.0. The maximum Gasteiger partial charge on any atom is 0.357 e. The SMILES string of the molecule is Cc1ccsc1/C=C\c1[nH]c(=O)[nH]c(=O)c1[N+](=O)[O-]. The normalized spacial score (nSPS) is 11.0. The van der Waals surface area contributed by atoms with Crippen molar-refractivity contribution in [3.63, 3.8) is 0 Å². The first-order valence-electron chi connectivity index (χ1n) is 5.22. The first-order chi connectivity index (χ1) is 8.99. The molecule has 0 spiro atoms. The lowest BCUT2D eigenvalue weighted by Gasteiger charge is -1.96. The van der Waals surface area contributed by atoms with Crippen molar-refractivity contribution in [2.24, 2.45) is 0 Å². The molecular formula is C11H9N3O4S. The topological polar surface area (TPSA) is 109 Å². The standard InChI is InChI=1S/C11H9N3O4S/c1-6-4-5-19-8(6)3-2-7-9(14(17)18)10(15)13-11(16)12-7/h2-5H,1H3,(H2,12,13,15,16)/b3-2-. The lowest BCUT2D eigenvalue weighted by molar-refractivity contribution is -0.386. The molecule has 0 aliphatic rings. The van der Waals surface area contributed by atoms with E-state index in [9.17, 15) is 19.7 Å². The number of rotatable bonds is 3. The lowest BCUT2D eigenvalue weighted by atomic mass is 10.2. The minimum absolute atomic E-state index is 0.119. The van der Waals surface area contributed by atoms with Crippen molar-refractivity contribution in [3.8, 4) is 0 Å². The van der Waals surface area contributed by atoms with E-state index in [0.29, 0.717) is 0 Å². The Hall–Kier alpha value is -2.48. The summed E-state index contributed by atoms with van der Waals surface area (Å²) in [4.78, 5) is 37.5. The highest BCUT2D eigenvalue weighted by molar-refractivity contribution is 7.11. The van der Waals surface area contributed by atoms with Gasteiger partial charge in [0.05, 0.1) is 4.92 Å². The van der Waals surface area contributed by atoms with E-state index >= 15 is 0 Å². The van der Waals surface area contributed by atoms with Gasteiger partial charge < -0.3 is 4.98 Å². The summed E-state index contributed by atoms with van der Waals surface area (Å²) in [5.41, 5.74) is -1.58. The zero-order valence-electron chi connectivity index (χ0n) is 9.80. The van der Waals surface area contributed by atoms with E-state index in [4.69, 9.17) is 0 Å². The van der Waals surface area contributed by atoms with Crippen LogP contribution in [0.15, 0.2) is 21.0 Å². The Morgan fingerprint density at radius 3 is 2.63 bits per heavy atom. The van der Waals surface area contributed by atoms with Crippen LogP contribution in [0, 0.1) is 17.0 Å². The van der Waals surface area contributed by atoms with Crippen LogP contribution < -0.4 is 11.2 Å². The fourth-order valence-electron chi connectivity index (χ4n) is 1.51. The van der Waals surface area contributed by atoms with E-state index in [1.54, 1.807) is 6.08 Å². The van der Waals surface area contributed by atoms with Gasteiger partial charge in [0, 0.05) is 4.88 Å². The van der Waals surface area contributed by atoms with Gasteiger partial charge in [0.1, 0.15) is 5.69 Å². The van der Waals surface area contributed by atoms with Crippen molar-refractivity contribution in [1.29, 1.82) is 0 Å². The van der Waals surface area contributed by atoms with Crippen molar-refractivity contribution in [3.05, 3.63) is 58.5 Å². The second-order valence-corrected chi connectivity index (χ2v) is 4.68. The molecule has 0 aromatic carbocycles. The van der Waals surface area contributed by atoms with Crippen molar-refractivity contribution in [2.45, 2.75) is 6.92 Å². The van der Waals surface area contributed by atoms with Crippen molar-refractivity contribution >= 4 is 29.2 Å². The monoisotopic (exact) mass is 279 g/mol. The van der Waals surface area contributed by atoms with Crippen LogP contribution in [-0.2, 0) is 0 Å². The van der Waals surface area contributed by atoms with Crippen LogP contribution in [0.1, 0.15) is 16.1 Å². The van der Waals surface area contributed by atoms with Crippen LogP contribution >= 0.6 is 11.3 Å². The lowest BCUT2D eigenvalue weighted by Crippen LogP contribution is -2.25. The number of H-pyrrole nitrogens is 2. The summed E-state index contributed by atoms with van der Waals surface area (Å²) in [6, 6.07) is 1.90. The number of nitro groups is 1. The van der Waals surface area contributed by atoms with Gasteiger partial charge in [-0.05, 0) is 36.1 Å². The van der Waals surface area contributed by atoms with Gasteiger partial charge in [-0.15, -0.1) is 11.3 Å². The summed E-state index contributed by atoms with van der Waals surface area (Å²) < 4.78 is 0. The third kappa shape index (κ3) is 2.68. The van der Waals surface area contributed by atoms with Gasteiger partial charge in [0.25, 0.3) is 0 Å². The molecule has 0 saturated heterocycles. The second kappa shape index (κ2) is 5.02. The maximum absolute atomic E-state index is 11.4. The zero-order valence-corrected chi connectivity index (χ0v) is 10.6. The number of nitrogens with zero attached hydrogens (tertiary/aromatic N) is 1. The molecule has 0 fully saturated rings. The predicted octanol–water partition coefficient (Wildman–Crippen LogP) is 1.51. The third-order valence-corrected chi connectivity index (χ3v) is 3.42. The molecule has 2 N–H and O–H groups in total. The van der Waals surface area contributed by atoms with E-state index in [1.165, 1.54) is 17.4 Å². The average Bonchev–Trinajstić information content (AvgIpc) is 2.70. The van der Waals surface area contributed by atoms with E-state index in [0.717, 1.165) is 10.4 Å². The third-order valence-electron chi connectivity index (χ3n) is 2.43. The maximum atomic E-state index is 11.4. The number of hydrogen-bond donors (Lipinski definition) is 2. The van der Waals surface area contributed by atoms with E-state index in [2.05, 4.69) is 4.98 Å². The quantitative estimate of drug-likeness (QED) is 0.655. The summed E-state index contributed by atoms with van der Waals surface area (Å²) >= 11 is 1.46. The van der Waals surface area contributed by atoms with Crippen molar-refractivity contribution < 1.29 is 4.92 Å². The molecule has 8 heteroatoms. The van der Waals surface area contributed by atoms with Crippen LogP contribution in [-0.4, -0.2) is 14.9 Å². The molecule has 0 bridgehead atoms. The molecule has 0 atom stereocenters. The molecule has 2 aromatic rings. The highest BCUT2D eigenvalue weighted by Crippen LogP contribution is 2.19. The fraction of sp³-hybridized carbons (Fsp3) is 0.0909. The predicted molar refractivity (Wildman–Crippen MR) is 72.3 cm³/mol. The Balaban J connectivity index is 2.54. The van der Waals surface area contributed by atoms with Crippen molar-refractivity contribution in [1.82, 2.24) is 9.97 Å². The Kier molecular flexibility index (Phi) is 3.43. The number of thiophene rings is 1. The van der Waals surface area contributed by atoms with E-state index in [1.807, 2.05) is 23.4 Å². The molecule has 19 heavy (non-hydrogen) atoms. The van der Waals surface area contributed by atoms with E-state index < -0.39 is 21.9 Å². The molecular weight excluding hydrogens is 270 g/mol. The largest absolute Gasteiger partial charge is 0.357 e. The van der Waals surface area contributed by atoms with Gasteiger partial charge in [-0.25, -0.2) is 4.79 Å². The van der Waals surface area contributed by atoms with Crippen LogP contribution in [0.4, 0.5) is 5.69 Å². The first-order valence-corrected chi connectivity index (χ1v) is 6.10. The molecule has 0 aliphatic heterocycles. The summed E-state index contributed by atoms with van der Waals surface area (Å²) in [5.74, 6) is 0. The Bertz CT molecular complexity index is 769. The number of aromatic nitrogens is 2. The molecule has 0 aliphatic carbocycles. The fourth-order valence-corrected chi connectivity index (χ4v) is 2.33. The van der Waals surface area contributed by atoms with Gasteiger partial charge in [0.15, 0.2) is 0 Å². The Morgan fingerprint density at radius 2 is 2.05 bits per heavy atom. The zero-order chi connectivity index (χ0) is 14.0. The summed E-state index contributed by atoms with van der Waals surface area (Å²) in [6.45, 7) is 1.89. The molecule has 2 aromatic heterocycles. The van der Waals surface area contributed by atoms with E-state index in [-0.39, 0.29) is 5.69 Å². The van der Waals surface area contributed by atoms with Gasteiger partial charge in [-0.3, -0.25) is 19.9 Å². The number of hydrogen-bond acceptors (Lipinski definition) is 5. The van der Waals surface area contributed by atoms with Gasteiger partial charge >= 0.3 is 16.9 Å². The Morgan fingerprint density at radius 1 is 1.32 bits per heavy atom. The van der Waals surface area contributed by atoms with Crippen LogP contribution in [0.5, 0.6) is 0 Å². The highest BCUT2D eigenvalue weighted by atomic mass is 32.1. The minimum Gasteiger partial charge on any atom is -0.301 e. The molecule has 0 amide bonds. The molecule has 2 rings (SSSR count). The minimum atomic E-state index is -1.02. The number of aromatic amines is 2. The number of aryl methyl sites for hydroxylation is 1. The van der Waals surface area contributed by atoms with Gasteiger partial charge in [-0.1, -0.05) is 0 Å². The van der Waals surface area contributed by atoms with Crippen LogP contribution in [0.25, 0.3) is 12.2 Å². The van der Waals surface area contributed by atoms with Crippen LogP contribution in [0.3, 0.4) is 0 Å². The van der Waals surface area contributed by atoms with Crippen molar-refractivity contribution in [2.75, 3.05) is 0 Å². The van der Waals surface area contributed by atoms with Gasteiger partial charge in [-0.2, -0.15) is 0 Å². The summed E-state index contributed by atoms with van der Waals surface area (Å²) in [6.07, 6.45) is 2.98. The highest BCUT2D eigenvalue weighted by Gasteiger charge is 2.18. The average molecular weight is 279 g/mol. The Labute approximate surface area is 110 Å². The summed E-state index contributed by atoms with van der Waals surface area (Å²) in [7, 11) is 0. The number of nitrogens with one attached hydrogen (secondary N) is 2. The molecule has 0 unspecified atom stereocenters. The molecule has 7 nitrogen and oxygen atoms in total. The van der Waals surface area contributed by atoms with Crippen LogP contribution in [0.2, 0.25) is 0 Å². The molecule has 0 radical (unpaired) electrons. The molecule has 98 valence electrons. The smallest absolute Gasteiger partial charge is 0.301 e. The van der Waals surface area contributed by atoms with Gasteiger partial charge in [0.2, 0.25) is 0 Å². The summed E-state index contributed by atoms with van der Waals surface area (Å²) in [5, 5.41) is 12.7. The second-order valence-electron chi connectivity index (χ2n) is 3.73. The molecule has 2 heterocycles.